The lowest BCUT2D eigenvalue weighted by Crippen LogP contribution is -2.24. The summed E-state index contributed by atoms with van der Waals surface area (Å²) in [7, 11) is 3.60. The van der Waals surface area contributed by atoms with E-state index in [1.54, 1.807) is 23.6 Å². The van der Waals surface area contributed by atoms with Crippen molar-refractivity contribution < 1.29 is 14.9 Å². The van der Waals surface area contributed by atoms with Crippen LogP contribution >= 0.6 is 0 Å². The quantitative estimate of drug-likeness (QED) is 0.485. The van der Waals surface area contributed by atoms with Gasteiger partial charge in [-0.25, -0.2) is 9.98 Å². The Bertz CT molecular complexity index is 782. The molecular weight excluding hydrogens is 304 g/mol. The topological polar surface area (TPSA) is 129 Å². The van der Waals surface area contributed by atoms with E-state index in [9.17, 15) is 15.0 Å². The second-order valence-corrected chi connectivity index (χ2v) is 5.54. The maximum atomic E-state index is 12.1. The Morgan fingerprint density at radius 1 is 1.61 bits per heavy atom. The van der Waals surface area contributed by atoms with Gasteiger partial charge in [0.25, 0.3) is 5.56 Å². The Morgan fingerprint density at radius 2 is 2.39 bits per heavy atom. The van der Waals surface area contributed by atoms with Gasteiger partial charge >= 0.3 is 0 Å². The van der Waals surface area contributed by atoms with Gasteiger partial charge in [-0.15, -0.1) is 0 Å². The number of fused-ring (bicyclic) bond motifs is 1. The molecule has 0 radical (unpaired) electrons. The molecule has 0 aromatic carbocycles. The first-order chi connectivity index (χ1) is 11.0. The zero-order chi connectivity index (χ0) is 16.6. The molecule has 23 heavy (non-hydrogen) atoms. The SMILES string of the molecule is CN(C)/C=N/c1nc2c(ncn2[C@H]2C[C@@H](O)C(CO)O2)c(=O)[nH]1. The van der Waals surface area contributed by atoms with E-state index in [1.165, 1.54) is 12.7 Å². The van der Waals surface area contributed by atoms with Crippen LogP contribution in [0.25, 0.3) is 11.2 Å². The van der Waals surface area contributed by atoms with Gasteiger partial charge in [0.2, 0.25) is 5.95 Å². The van der Waals surface area contributed by atoms with Crippen molar-refractivity contribution >= 4 is 23.5 Å². The van der Waals surface area contributed by atoms with Gasteiger partial charge in [-0.2, -0.15) is 4.98 Å². The Labute approximate surface area is 131 Å². The molecule has 10 heteroatoms. The van der Waals surface area contributed by atoms with Crippen LogP contribution in [0.1, 0.15) is 12.6 Å². The number of hydrogen-bond acceptors (Lipinski definition) is 7. The first-order valence-corrected chi connectivity index (χ1v) is 7.11. The molecule has 2 aromatic heterocycles. The molecule has 1 fully saturated rings. The van der Waals surface area contributed by atoms with Crippen LogP contribution in [-0.2, 0) is 4.74 Å². The fourth-order valence-electron chi connectivity index (χ4n) is 2.41. The van der Waals surface area contributed by atoms with Gasteiger partial charge in [0.15, 0.2) is 11.2 Å². The highest BCUT2D eigenvalue weighted by atomic mass is 16.5. The lowest BCUT2D eigenvalue weighted by atomic mass is 10.2. The molecule has 1 aliphatic rings. The third-order valence-corrected chi connectivity index (χ3v) is 3.53. The normalized spacial score (nSPS) is 24.8. The number of rotatable bonds is 4. The highest BCUT2D eigenvalue weighted by Crippen LogP contribution is 2.30. The molecule has 3 atom stereocenters. The summed E-state index contributed by atoms with van der Waals surface area (Å²) < 4.78 is 7.14. The minimum absolute atomic E-state index is 0.148. The molecule has 0 saturated carbocycles. The summed E-state index contributed by atoms with van der Waals surface area (Å²) in [5.74, 6) is 0.148. The molecule has 124 valence electrons. The minimum Gasteiger partial charge on any atom is -0.394 e. The molecule has 2 aromatic rings. The van der Waals surface area contributed by atoms with Crippen molar-refractivity contribution in [2.75, 3.05) is 20.7 Å². The number of nitrogens with zero attached hydrogens (tertiary/aromatic N) is 5. The number of H-pyrrole nitrogens is 1. The summed E-state index contributed by atoms with van der Waals surface area (Å²) >= 11 is 0. The number of ether oxygens (including phenoxy) is 1. The van der Waals surface area contributed by atoms with Gasteiger partial charge < -0.3 is 19.8 Å². The second-order valence-electron chi connectivity index (χ2n) is 5.54. The van der Waals surface area contributed by atoms with Crippen LogP contribution in [0.3, 0.4) is 0 Å². The van der Waals surface area contributed by atoms with E-state index in [1.807, 2.05) is 0 Å². The van der Waals surface area contributed by atoms with E-state index in [-0.39, 0.29) is 24.5 Å². The molecule has 3 N–H and O–H groups in total. The van der Waals surface area contributed by atoms with Crippen LogP contribution < -0.4 is 5.56 Å². The van der Waals surface area contributed by atoms with E-state index < -0.39 is 24.0 Å². The van der Waals surface area contributed by atoms with Gasteiger partial charge in [0, 0.05) is 20.5 Å². The lowest BCUT2D eigenvalue weighted by Gasteiger charge is -2.13. The second kappa shape index (κ2) is 6.07. The first-order valence-electron chi connectivity index (χ1n) is 7.11. The Balaban J connectivity index is 2.00. The van der Waals surface area contributed by atoms with Crippen molar-refractivity contribution in [3.63, 3.8) is 0 Å². The standard InChI is InChI=1S/C13H18N6O4/c1-18(2)5-15-13-16-11-10(12(22)17-13)14-6-19(11)9-3-7(21)8(4-20)23-9/h5-9,20-21H,3-4H2,1-2H3,(H,16,17,22)/b15-5+/t7-,8?,9-/m1/s1. The molecule has 0 amide bonds. The Kier molecular flexibility index (Phi) is 4.11. The number of hydrogen-bond donors (Lipinski definition) is 3. The van der Waals surface area contributed by atoms with Gasteiger partial charge in [-0.1, -0.05) is 0 Å². The highest BCUT2D eigenvalue weighted by molar-refractivity contribution is 5.71. The number of aliphatic hydroxyl groups excluding tert-OH is 2. The zero-order valence-electron chi connectivity index (χ0n) is 12.7. The average Bonchev–Trinajstić information content (AvgIpc) is 3.08. The van der Waals surface area contributed by atoms with Gasteiger partial charge in [-0.05, 0) is 0 Å². The molecule has 0 spiro atoms. The molecule has 1 unspecified atom stereocenters. The number of aliphatic imine (C=N–C) groups is 1. The average molecular weight is 322 g/mol. The molecule has 1 aliphatic heterocycles. The fourth-order valence-corrected chi connectivity index (χ4v) is 2.41. The third-order valence-electron chi connectivity index (χ3n) is 3.53. The van der Waals surface area contributed by atoms with E-state index in [4.69, 9.17) is 4.74 Å². The van der Waals surface area contributed by atoms with Gasteiger partial charge in [-0.3, -0.25) is 14.3 Å². The summed E-state index contributed by atoms with van der Waals surface area (Å²) in [5, 5.41) is 19.0. The van der Waals surface area contributed by atoms with Crippen molar-refractivity contribution in [2.45, 2.75) is 24.9 Å². The van der Waals surface area contributed by atoms with Gasteiger partial charge in [0.05, 0.1) is 25.4 Å². The minimum atomic E-state index is -0.782. The zero-order valence-corrected chi connectivity index (χ0v) is 12.7. The molecule has 0 bridgehead atoms. The van der Waals surface area contributed by atoms with E-state index in [2.05, 4.69) is 19.9 Å². The lowest BCUT2D eigenvalue weighted by molar-refractivity contribution is -0.0432. The first kappa shape index (κ1) is 15.6. The summed E-state index contributed by atoms with van der Waals surface area (Å²) in [6.45, 7) is -0.281. The van der Waals surface area contributed by atoms with Crippen LogP contribution in [0.5, 0.6) is 0 Å². The summed E-state index contributed by atoms with van der Waals surface area (Å²) in [6, 6.07) is 0. The Hall–Kier alpha value is -2.30. The summed E-state index contributed by atoms with van der Waals surface area (Å²) in [6.07, 6.45) is 1.24. The monoisotopic (exact) mass is 322 g/mol. The highest BCUT2D eigenvalue weighted by Gasteiger charge is 2.35. The van der Waals surface area contributed by atoms with Crippen LogP contribution in [-0.4, -0.2) is 73.9 Å². The van der Waals surface area contributed by atoms with Gasteiger partial charge in [0.1, 0.15) is 12.3 Å². The summed E-state index contributed by atoms with van der Waals surface area (Å²) in [5.41, 5.74) is 0.0756. The number of aromatic nitrogens is 4. The van der Waals surface area contributed by atoms with Crippen molar-refractivity contribution in [3.8, 4) is 0 Å². The summed E-state index contributed by atoms with van der Waals surface area (Å²) in [4.78, 5) is 28.7. The maximum absolute atomic E-state index is 12.1. The number of imidazole rings is 1. The van der Waals surface area contributed by atoms with Crippen molar-refractivity contribution in [1.82, 2.24) is 24.4 Å². The largest absolute Gasteiger partial charge is 0.394 e. The number of aliphatic hydroxyl groups is 2. The maximum Gasteiger partial charge on any atom is 0.280 e. The van der Waals surface area contributed by atoms with Crippen LogP contribution in [0, 0.1) is 0 Å². The molecule has 1 saturated heterocycles. The fraction of sp³-hybridized carbons (Fsp3) is 0.538. The Morgan fingerprint density at radius 3 is 3.04 bits per heavy atom. The van der Waals surface area contributed by atoms with Crippen LogP contribution in [0.4, 0.5) is 5.95 Å². The molecule has 3 heterocycles. The van der Waals surface area contributed by atoms with E-state index in [0.717, 1.165) is 0 Å². The predicted molar refractivity (Wildman–Crippen MR) is 81.6 cm³/mol. The smallest absolute Gasteiger partial charge is 0.280 e. The van der Waals surface area contributed by atoms with Crippen LogP contribution in [0.15, 0.2) is 16.1 Å². The van der Waals surface area contributed by atoms with Crippen molar-refractivity contribution in [3.05, 3.63) is 16.7 Å². The molecular formula is C13H18N6O4. The van der Waals surface area contributed by atoms with Crippen molar-refractivity contribution in [1.29, 1.82) is 0 Å². The third kappa shape index (κ3) is 2.96. The predicted octanol–water partition coefficient (Wildman–Crippen LogP) is -1.02. The molecule has 10 nitrogen and oxygen atoms in total. The van der Waals surface area contributed by atoms with E-state index >= 15 is 0 Å². The molecule has 0 aliphatic carbocycles. The van der Waals surface area contributed by atoms with Crippen molar-refractivity contribution in [2.24, 2.45) is 4.99 Å². The number of aromatic amines is 1. The number of nitrogens with one attached hydrogen (secondary N) is 1. The molecule has 3 rings (SSSR count). The van der Waals surface area contributed by atoms with Crippen LogP contribution in [0.2, 0.25) is 0 Å². The van der Waals surface area contributed by atoms with E-state index in [0.29, 0.717) is 5.65 Å².